The molecule has 1 atom stereocenters. The molecule has 2 heteroatoms. The van der Waals surface area contributed by atoms with Gasteiger partial charge in [0.15, 0.2) is 0 Å². The van der Waals surface area contributed by atoms with Crippen molar-refractivity contribution in [3.05, 3.63) is 12.2 Å². The summed E-state index contributed by atoms with van der Waals surface area (Å²) in [4.78, 5) is 0. The maximum Gasteiger partial charge on any atom is 0.0870 e. The SMILES string of the molecule is CC=CC(O)(CCC)[Si](C)(C)C. The normalized spacial score (nSPS) is 18.2. The Balaban J connectivity index is 4.61. The van der Waals surface area contributed by atoms with E-state index in [-0.39, 0.29) is 0 Å². The summed E-state index contributed by atoms with van der Waals surface area (Å²) < 4.78 is 0. The predicted molar refractivity (Wildman–Crippen MR) is 58.0 cm³/mol. The second-order valence-electron chi connectivity index (χ2n) is 4.42. The second kappa shape index (κ2) is 4.24. The molecule has 0 aliphatic heterocycles. The van der Waals surface area contributed by atoms with Crippen LogP contribution in [0.5, 0.6) is 0 Å². The van der Waals surface area contributed by atoms with Gasteiger partial charge in [0.1, 0.15) is 0 Å². The van der Waals surface area contributed by atoms with E-state index in [0.717, 1.165) is 12.8 Å². The van der Waals surface area contributed by atoms with Gasteiger partial charge in [-0.05, 0) is 13.3 Å². The zero-order valence-corrected chi connectivity index (χ0v) is 10.0. The number of rotatable bonds is 4. The molecule has 0 aromatic heterocycles. The van der Waals surface area contributed by atoms with Gasteiger partial charge in [0.2, 0.25) is 0 Å². The first-order chi connectivity index (χ1) is 5.37. The fraction of sp³-hybridized carbons (Fsp3) is 0.800. The standard InChI is InChI=1S/C10H22OSi/c1-6-8-10(11,9-7-2)12(3,4)5/h6,8,11H,7,9H2,1-5H3. The molecule has 0 radical (unpaired) electrons. The summed E-state index contributed by atoms with van der Waals surface area (Å²) in [5.41, 5.74) is 0. The van der Waals surface area contributed by atoms with E-state index < -0.39 is 13.3 Å². The van der Waals surface area contributed by atoms with Gasteiger partial charge in [0, 0.05) is 0 Å². The van der Waals surface area contributed by atoms with Crippen LogP contribution in [0.15, 0.2) is 12.2 Å². The lowest BCUT2D eigenvalue weighted by molar-refractivity contribution is 0.154. The van der Waals surface area contributed by atoms with Crippen molar-refractivity contribution in [2.24, 2.45) is 0 Å². The average Bonchev–Trinajstić information content (AvgIpc) is 1.86. The quantitative estimate of drug-likeness (QED) is 0.528. The summed E-state index contributed by atoms with van der Waals surface area (Å²) in [6.07, 6.45) is 5.88. The lowest BCUT2D eigenvalue weighted by Gasteiger charge is -2.36. The molecule has 1 nitrogen and oxygen atoms in total. The van der Waals surface area contributed by atoms with Crippen LogP contribution < -0.4 is 0 Å². The molecule has 0 bridgehead atoms. The van der Waals surface area contributed by atoms with E-state index in [9.17, 15) is 5.11 Å². The predicted octanol–water partition coefficient (Wildman–Crippen LogP) is 2.97. The van der Waals surface area contributed by atoms with Crippen LogP contribution in [0, 0.1) is 0 Å². The van der Waals surface area contributed by atoms with Crippen molar-refractivity contribution >= 4 is 8.07 Å². The lowest BCUT2D eigenvalue weighted by Crippen LogP contribution is -2.50. The highest BCUT2D eigenvalue weighted by molar-refractivity contribution is 6.79. The number of allylic oxidation sites excluding steroid dienone is 1. The van der Waals surface area contributed by atoms with Crippen molar-refractivity contribution in [3.8, 4) is 0 Å². The Kier molecular flexibility index (Phi) is 4.21. The largest absolute Gasteiger partial charge is 0.389 e. The van der Waals surface area contributed by atoms with Crippen LogP contribution in [0.2, 0.25) is 19.6 Å². The Hall–Kier alpha value is -0.0831. The van der Waals surface area contributed by atoms with Crippen molar-refractivity contribution < 1.29 is 5.11 Å². The van der Waals surface area contributed by atoms with E-state index in [0.29, 0.717) is 0 Å². The van der Waals surface area contributed by atoms with Crippen molar-refractivity contribution in [2.45, 2.75) is 51.6 Å². The van der Waals surface area contributed by atoms with Gasteiger partial charge in [-0.25, -0.2) is 0 Å². The molecule has 0 aromatic rings. The topological polar surface area (TPSA) is 20.2 Å². The van der Waals surface area contributed by atoms with E-state index in [1.54, 1.807) is 0 Å². The molecule has 1 unspecified atom stereocenters. The van der Waals surface area contributed by atoms with E-state index >= 15 is 0 Å². The molecule has 0 saturated carbocycles. The number of hydrogen-bond donors (Lipinski definition) is 1. The van der Waals surface area contributed by atoms with Crippen LogP contribution in [0.25, 0.3) is 0 Å². The van der Waals surface area contributed by atoms with Crippen LogP contribution in [0.4, 0.5) is 0 Å². The van der Waals surface area contributed by atoms with Crippen LogP contribution in [-0.2, 0) is 0 Å². The van der Waals surface area contributed by atoms with Gasteiger partial charge in [-0.15, -0.1) is 0 Å². The highest BCUT2D eigenvalue weighted by atomic mass is 28.3. The molecule has 1 N–H and O–H groups in total. The molecule has 72 valence electrons. The molecule has 0 spiro atoms. The van der Waals surface area contributed by atoms with Crippen molar-refractivity contribution in [1.82, 2.24) is 0 Å². The molecular weight excluding hydrogens is 164 g/mol. The Morgan fingerprint density at radius 3 is 2.08 bits per heavy atom. The maximum atomic E-state index is 10.3. The monoisotopic (exact) mass is 186 g/mol. The third kappa shape index (κ3) is 2.76. The van der Waals surface area contributed by atoms with E-state index in [2.05, 4.69) is 26.6 Å². The van der Waals surface area contributed by atoms with Gasteiger partial charge >= 0.3 is 0 Å². The summed E-state index contributed by atoms with van der Waals surface area (Å²) in [6.45, 7) is 10.7. The summed E-state index contributed by atoms with van der Waals surface area (Å²) in [5.74, 6) is 0. The number of aliphatic hydroxyl groups is 1. The van der Waals surface area contributed by atoms with Gasteiger partial charge in [0.05, 0.1) is 13.3 Å². The first-order valence-corrected chi connectivity index (χ1v) is 8.23. The molecule has 0 fully saturated rings. The molecule has 0 rings (SSSR count). The van der Waals surface area contributed by atoms with Gasteiger partial charge in [-0.2, -0.15) is 0 Å². The van der Waals surface area contributed by atoms with Crippen molar-refractivity contribution in [1.29, 1.82) is 0 Å². The second-order valence-corrected chi connectivity index (χ2v) is 9.79. The minimum atomic E-state index is -1.48. The highest BCUT2D eigenvalue weighted by Crippen LogP contribution is 2.27. The fourth-order valence-corrected chi connectivity index (χ4v) is 3.03. The summed E-state index contributed by atoms with van der Waals surface area (Å²) in [6, 6.07) is 0. The molecule has 0 aliphatic carbocycles. The highest BCUT2D eigenvalue weighted by Gasteiger charge is 2.37. The molecule has 0 amide bonds. The Morgan fingerprint density at radius 1 is 1.33 bits per heavy atom. The Labute approximate surface area is 77.5 Å². The van der Waals surface area contributed by atoms with E-state index in [1.165, 1.54) is 0 Å². The van der Waals surface area contributed by atoms with Crippen molar-refractivity contribution in [2.75, 3.05) is 0 Å². The van der Waals surface area contributed by atoms with Gasteiger partial charge < -0.3 is 5.11 Å². The van der Waals surface area contributed by atoms with Gasteiger partial charge in [0.25, 0.3) is 0 Å². The van der Waals surface area contributed by atoms with Crippen LogP contribution in [0.3, 0.4) is 0 Å². The van der Waals surface area contributed by atoms with Crippen LogP contribution >= 0.6 is 0 Å². The summed E-state index contributed by atoms with van der Waals surface area (Å²) in [7, 11) is -1.48. The molecule has 0 aliphatic rings. The van der Waals surface area contributed by atoms with Crippen molar-refractivity contribution in [3.63, 3.8) is 0 Å². The average molecular weight is 186 g/mol. The summed E-state index contributed by atoms with van der Waals surface area (Å²) in [5, 5.41) is 9.82. The minimum Gasteiger partial charge on any atom is -0.389 e. The van der Waals surface area contributed by atoms with Gasteiger partial charge in [-0.1, -0.05) is 45.1 Å². The van der Waals surface area contributed by atoms with E-state index in [4.69, 9.17) is 0 Å². The smallest absolute Gasteiger partial charge is 0.0870 e. The minimum absolute atomic E-state index is 0.503. The molecule has 0 heterocycles. The first-order valence-electron chi connectivity index (χ1n) is 4.73. The lowest BCUT2D eigenvalue weighted by atomic mass is 10.2. The van der Waals surface area contributed by atoms with E-state index in [1.807, 2.05) is 19.1 Å². The third-order valence-electron chi connectivity index (χ3n) is 2.37. The first kappa shape index (κ1) is 11.9. The molecule has 0 saturated heterocycles. The van der Waals surface area contributed by atoms with Crippen LogP contribution in [-0.4, -0.2) is 18.4 Å². The molecule has 0 aromatic carbocycles. The maximum absolute atomic E-state index is 10.3. The van der Waals surface area contributed by atoms with Crippen LogP contribution in [0.1, 0.15) is 26.7 Å². The Morgan fingerprint density at radius 2 is 1.83 bits per heavy atom. The Bertz CT molecular complexity index is 158. The molecular formula is C10H22OSi. The van der Waals surface area contributed by atoms with Gasteiger partial charge in [-0.3, -0.25) is 0 Å². The fourth-order valence-electron chi connectivity index (χ4n) is 1.37. The zero-order chi connectivity index (χ0) is 9.83. The summed E-state index contributed by atoms with van der Waals surface area (Å²) >= 11 is 0. The third-order valence-corrected chi connectivity index (χ3v) is 5.39. The number of hydrogen-bond acceptors (Lipinski definition) is 1. The molecule has 12 heavy (non-hydrogen) atoms. The zero-order valence-electron chi connectivity index (χ0n) is 9.02.